The number of fused-ring (bicyclic) bond motifs is 2. The third-order valence-electron chi connectivity index (χ3n) is 6.54. The minimum Gasteiger partial charge on any atom is -0.487 e. The van der Waals surface area contributed by atoms with Crippen LogP contribution in [0.15, 0.2) is 36.5 Å². The molecule has 0 bridgehead atoms. The maximum atomic E-state index is 12.7. The van der Waals surface area contributed by atoms with Gasteiger partial charge in [-0.1, -0.05) is 18.2 Å². The molecule has 2 aliphatic heterocycles. The van der Waals surface area contributed by atoms with Crippen LogP contribution >= 0.6 is 11.3 Å². The average molecular weight is 451 g/mol. The number of anilines is 1. The fraction of sp³-hybridized carbons (Fsp3) is 0.440. The van der Waals surface area contributed by atoms with Crippen LogP contribution in [0.2, 0.25) is 0 Å². The number of likely N-dealkylation sites (tertiary alicyclic amines) is 1. The Kier molecular flexibility index (Phi) is 5.55. The van der Waals surface area contributed by atoms with E-state index in [9.17, 15) is 4.79 Å². The summed E-state index contributed by atoms with van der Waals surface area (Å²) in [7, 11) is 0. The second-order valence-electron chi connectivity index (χ2n) is 9.57. The number of para-hydroxylation sites is 1. The number of benzene rings is 1. The predicted octanol–water partition coefficient (Wildman–Crippen LogP) is 4.23. The number of hydrogen-bond donors (Lipinski definition) is 2. The van der Waals surface area contributed by atoms with E-state index in [2.05, 4.69) is 47.2 Å². The van der Waals surface area contributed by atoms with Crippen molar-refractivity contribution in [3.05, 3.63) is 52.5 Å². The van der Waals surface area contributed by atoms with Gasteiger partial charge in [-0.2, -0.15) is 0 Å². The van der Waals surface area contributed by atoms with Crippen molar-refractivity contribution in [3.63, 3.8) is 0 Å². The fourth-order valence-electron chi connectivity index (χ4n) is 4.83. The van der Waals surface area contributed by atoms with Crippen molar-refractivity contribution in [3.8, 4) is 5.75 Å². The lowest BCUT2D eigenvalue weighted by molar-refractivity contribution is 0.0939. The summed E-state index contributed by atoms with van der Waals surface area (Å²) in [5.74, 6) is 1.48. The maximum absolute atomic E-state index is 12.7. The summed E-state index contributed by atoms with van der Waals surface area (Å²) in [5, 5.41) is 3.96. The van der Waals surface area contributed by atoms with Crippen molar-refractivity contribution in [2.75, 3.05) is 25.4 Å². The summed E-state index contributed by atoms with van der Waals surface area (Å²) < 4.78 is 6.24. The number of nitrogens with two attached hydrogens (primary N) is 1. The molecule has 5 rings (SSSR count). The molecule has 2 aliphatic rings. The van der Waals surface area contributed by atoms with Gasteiger partial charge in [-0.3, -0.25) is 9.69 Å². The number of carbonyl (C=O) groups excluding carboxylic acids is 1. The summed E-state index contributed by atoms with van der Waals surface area (Å²) in [5.41, 5.74) is 9.21. The number of amides is 1. The molecule has 0 atom stereocenters. The van der Waals surface area contributed by atoms with Gasteiger partial charge in [0, 0.05) is 36.7 Å². The van der Waals surface area contributed by atoms with E-state index >= 15 is 0 Å². The molecule has 1 aromatic carbocycles. The van der Waals surface area contributed by atoms with Crippen molar-refractivity contribution >= 4 is 33.1 Å². The number of hydrogen-bond acceptors (Lipinski definition) is 6. The molecule has 0 spiro atoms. The van der Waals surface area contributed by atoms with Gasteiger partial charge in [0.25, 0.3) is 5.91 Å². The third-order valence-corrected chi connectivity index (χ3v) is 7.66. The molecule has 0 saturated carbocycles. The van der Waals surface area contributed by atoms with Crippen molar-refractivity contribution in [1.82, 2.24) is 15.2 Å². The number of nitrogens with one attached hydrogen (secondary N) is 1. The van der Waals surface area contributed by atoms with Gasteiger partial charge in [0.2, 0.25) is 0 Å². The lowest BCUT2D eigenvalue weighted by Gasteiger charge is -2.32. The molecule has 32 heavy (non-hydrogen) atoms. The molecule has 1 fully saturated rings. The summed E-state index contributed by atoms with van der Waals surface area (Å²) in [4.78, 5) is 20.9. The van der Waals surface area contributed by atoms with Gasteiger partial charge < -0.3 is 15.8 Å². The number of piperidine rings is 1. The van der Waals surface area contributed by atoms with Crippen molar-refractivity contribution in [2.24, 2.45) is 5.92 Å². The summed E-state index contributed by atoms with van der Waals surface area (Å²) in [6.07, 6.45) is 4.85. The van der Waals surface area contributed by atoms with Crippen LogP contribution in [-0.4, -0.2) is 41.0 Å². The number of thiophene rings is 1. The number of pyridine rings is 1. The van der Waals surface area contributed by atoms with Crippen LogP contribution in [0.3, 0.4) is 0 Å². The average Bonchev–Trinajstić information content (AvgIpc) is 3.29. The lowest BCUT2D eigenvalue weighted by atomic mass is 9.96. The van der Waals surface area contributed by atoms with E-state index in [1.807, 2.05) is 12.1 Å². The molecule has 3 aromatic rings. The highest BCUT2D eigenvalue weighted by molar-refractivity contribution is 7.21. The zero-order valence-electron chi connectivity index (χ0n) is 18.7. The Bertz CT molecular complexity index is 1150. The molecule has 1 amide bonds. The van der Waals surface area contributed by atoms with Gasteiger partial charge in [-0.15, -0.1) is 11.3 Å². The first-order valence-electron chi connectivity index (χ1n) is 11.3. The van der Waals surface area contributed by atoms with E-state index in [0.29, 0.717) is 23.0 Å². The number of ether oxygens (including phenoxy) is 1. The minimum atomic E-state index is -0.114. The molecule has 2 aromatic heterocycles. The molecule has 3 N–H and O–H groups in total. The molecule has 4 heterocycles. The Labute approximate surface area is 192 Å². The Hall–Kier alpha value is -2.64. The zero-order valence-corrected chi connectivity index (χ0v) is 19.5. The Morgan fingerprint density at radius 3 is 2.88 bits per heavy atom. The minimum absolute atomic E-state index is 0.0902. The summed E-state index contributed by atoms with van der Waals surface area (Å²) >= 11 is 1.36. The van der Waals surface area contributed by atoms with Crippen molar-refractivity contribution in [1.29, 1.82) is 0 Å². The van der Waals surface area contributed by atoms with Gasteiger partial charge >= 0.3 is 0 Å². The van der Waals surface area contributed by atoms with Gasteiger partial charge in [0.05, 0.1) is 5.69 Å². The predicted molar refractivity (Wildman–Crippen MR) is 129 cm³/mol. The molecule has 0 aliphatic carbocycles. The summed E-state index contributed by atoms with van der Waals surface area (Å²) in [6.45, 7) is 7.97. The lowest BCUT2D eigenvalue weighted by Crippen LogP contribution is -2.38. The number of aromatic nitrogens is 1. The van der Waals surface area contributed by atoms with Crippen LogP contribution in [0, 0.1) is 5.92 Å². The van der Waals surface area contributed by atoms with Gasteiger partial charge in [-0.05, 0) is 63.4 Å². The van der Waals surface area contributed by atoms with Crippen LogP contribution in [0.1, 0.15) is 47.5 Å². The maximum Gasteiger partial charge on any atom is 0.263 e. The van der Waals surface area contributed by atoms with Crippen molar-refractivity contribution < 1.29 is 9.53 Å². The van der Waals surface area contributed by atoms with Crippen LogP contribution in [-0.2, 0) is 13.0 Å². The SMILES string of the molecule is CC1(C)Cc2cccc(CN3CCC(CNC(=O)c4sc5ncccc5c4N)CC3)c2O1. The highest BCUT2D eigenvalue weighted by Crippen LogP contribution is 2.38. The molecule has 0 radical (unpaired) electrons. The number of rotatable bonds is 5. The largest absolute Gasteiger partial charge is 0.487 e. The van der Waals surface area contributed by atoms with Gasteiger partial charge in [0.15, 0.2) is 0 Å². The molecular weight excluding hydrogens is 420 g/mol. The first-order valence-corrected chi connectivity index (χ1v) is 12.1. The Balaban J connectivity index is 1.14. The number of carbonyl (C=O) groups is 1. The Morgan fingerprint density at radius 1 is 1.28 bits per heavy atom. The van der Waals surface area contributed by atoms with E-state index in [1.54, 1.807) is 6.20 Å². The van der Waals surface area contributed by atoms with Crippen LogP contribution < -0.4 is 15.8 Å². The van der Waals surface area contributed by atoms with Crippen LogP contribution in [0.4, 0.5) is 5.69 Å². The van der Waals surface area contributed by atoms with E-state index < -0.39 is 0 Å². The quantitative estimate of drug-likeness (QED) is 0.608. The number of nitrogens with zero attached hydrogens (tertiary/aromatic N) is 2. The molecule has 0 unspecified atom stereocenters. The van der Waals surface area contributed by atoms with Crippen LogP contribution in [0.25, 0.3) is 10.2 Å². The molecule has 6 nitrogen and oxygen atoms in total. The first-order chi connectivity index (χ1) is 15.4. The summed E-state index contributed by atoms with van der Waals surface area (Å²) in [6, 6.07) is 10.3. The van der Waals surface area contributed by atoms with Crippen LogP contribution in [0.5, 0.6) is 5.75 Å². The number of nitrogen functional groups attached to an aromatic ring is 1. The van der Waals surface area contributed by atoms with Gasteiger partial charge in [-0.25, -0.2) is 4.98 Å². The molecular formula is C25H30N4O2S. The van der Waals surface area contributed by atoms with E-state index in [-0.39, 0.29) is 11.5 Å². The molecule has 7 heteroatoms. The first kappa shape index (κ1) is 21.2. The smallest absolute Gasteiger partial charge is 0.263 e. The van der Waals surface area contributed by atoms with E-state index in [4.69, 9.17) is 10.5 Å². The zero-order chi connectivity index (χ0) is 22.3. The third kappa shape index (κ3) is 4.19. The van der Waals surface area contributed by atoms with E-state index in [1.165, 1.54) is 22.5 Å². The van der Waals surface area contributed by atoms with Gasteiger partial charge in [0.1, 0.15) is 21.1 Å². The standard InChI is InChI=1S/C25H30N4O2S/c1-25(2)13-17-5-3-6-18(21(17)31-25)15-29-11-8-16(9-12-29)14-28-23(30)22-20(26)19-7-4-10-27-24(19)32-22/h3-7,10,16H,8-9,11-15,26H2,1-2H3,(H,28,30). The second kappa shape index (κ2) is 8.37. The Morgan fingerprint density at radius 2 is 2.09 bits per heavy atom. The molecule has 1 saturated heterocycles. The van der Waals surface area contributed by atoms with E-state index in [0.717, 1.165) is 54.9 Å². The normalized spacial score (nSPS) is 18.4. The fourth-order valence-corrected chi connectivity index (χ4v) is 5.81. The highest BCUT2D eigenvalue weighted by atomic mass is 32.1. The second-order valence-corrected chi connectivity index (χ2v) is 10.6. The highest BCUT2D eigenvalue weighted by Gasteiger charge is 2.32. The topological polar surface area (TPSA) is 80.5 Å². The molecule has 168 valence electrons. The monoisotopic (exact) mass is 450 g/mol. The van der Waals surface area contributed by atoms with Crippen molar-refractivity contribution in [2.45, 2.75) is 45.3 Å².